The van der Waals surface area contributed by atoms with Gasteiger partial charge in [0.25, 0.3) is 5.91 Å². The van der Waals surface area contributed by atoms with Gasteiger partial charge in [-0.1, -0.05) is 28.1 Å². The van der Waals surface area contributed by atoms with E-state index in [2.05, 4.69) is 21.2 Å². The minimum Gasteiger partial charge on any atom is -0.367 e. The summed E-state index contributed by atoms with van der Waals surface area (Å²) in [6.07, 6.45) is 0. The monoisotopic (exact) mass is 302 g/mol. The lowest BCUT2D eigenvalue weighted by atomic mass is 10.1. The molecule has 1 heterocycles. The van der Waals surface area contributed by atoms with Crippen molar-refractivity contribution in [3.63, 3.8) is 0 Å². The lowest BCUT2D eigenvalue weighted by Crippen LogP contribution is -2.39. The zero-order valence-corrected chi connectivity index (χ0v) is 11.1. The summed E-state index contributed by atoms with van der Waals surface area (Å²) in [5, 5.41) is 3.25. The van der Waals surface area contributed by atoms with Crippen molar-refractivity contribution in [2.75, 3.05) is 16.9 Å². The summed E-state index contributed by atoms with van der Waals surface area (Å²) in [4.78, 5) is 14.1. The van der Waals surface area contributed by atoms with E-state index < -0.39 is 0 Å². The second kappa shape index (κ2) is 4.46. The lowest BCUT2D eigenvalue weighted by Gasteiger charge is -2.29. The van der Waals surface area contributed by atoms with Crippen molar-refractivity contribution in [2.45, 2.75) is 0 Å². The van der Waals surface area contributed by atoms with Crippen molar-refractivity contribution >= 4 is 33.2 Å². The molecule has 18 heavy (non-hydrogen) atoms. The van der Waals surface area contributed by atoms with Crippen LogP contribution >= 0.6 is 15.9 Å². The number of anilines is 2. The molecule has 0 aliphatic carbocycles. The van der Waals surface area contributed by atoms with Crippen LogP contribution in [0.5, 0.6) is 0 Å². The standard InChI is InChI=1S/C14H11BrN2O/c15-10-5-7-11(8-6-10)17-9-16-13-4-2-1-3-12(13)14(17)18/h1-8,16H,9H2. The Bertz CT molecular complexity index is 595. The van der Waals surface area contributed by atoms with Crippen LogP contribution in [0.3, 0.4) is 0 Å². The van der Waals surface area contributed by atoms with E-state index in [0.29, 0.717) is 12.2 Å². The van der Waals surface area contributed by atoms with E-state index in [0.717, 1.165) is 15.8 Å². The van der Waals surface area contributed by atoms with E-state index in [4.69, 9.17) is 0 Å². The molecular weight excluding hydrogens is 292 g/mol. The van der Waals surface area contributed by atoms with E-state index in [9.17, 15) is 4.79 Å². The molecule has 3 nitrogen and oxygen atoms in total. The van der Waals surface area contributed by atoms with Gasteiger partial charge < -0.3 is 5.32 Å². The molecule has 90 valence electrons. The molecule has 2 aromatic carbocycles. The summed E-state index contributed by atoms with van der Waals surface area (Å²) in [7, 11) is 0. The Hall–Kier alpha value is -1.81. The zero-order valence-electron chi connectivity index (χ0n) is 9.56. The molecule has 0 saturated heterocycles. The Morgan fingerprint density at radius 2 is 1.78 bits per heavy atom. The van der Waals surface area contributed by atoms with E-state index in [-0.39, 0.29) is 5.91 Å². The van der Waals surface area contributed by atoms with Crippen LogP contribution in [0.15, 0.2) is 53.0 Å². The smallest absolute Gasteiger partial charge is 0.261 e. The number of hydrogen-bond donors (Lipinski definition) is 1. The molecule has 3 rings (SSSR count). The molecular formula is C14H11BrN2O. The average molecular weight is 303 g/mol. The fourth-order valence-electron chi connectivity index (χ4n) is 2.03. The molecule has 1 N–H and O–H groups in total. The summed E-state index contributed by atoms with van der Waals surface area (Å²) in [6, 6.07) is 15.3. The van der Waals surface area contributed by atoms with Crippen molar-refractivity contribution < 1.29 is 4.79 Å². The molecule has 0 unspecified atom stereocenters. The summed E-state index contributed by atoms with van der Waals surface area (Å²) >= 11 is 3.39. The van der Waals surface area contributed by atoms with Gasteiger partial charge in [-0.05, 0) is 36.4 Å². The highest BCUT2D eigenvalue weighted by atomic mass is 79.9. The maximum absolute atomic E-state index is 12.4. The number of carbonyl (C=O) groups is 1. The third-order valence-electron chi connectivity index (χ3n) is 2.97. The van der Waals surface area contributed by atoms with Crippen molar-refractivity contribution in [2.24, 2.45) is 0 Å². The molecule has 0 radical (unpaired) electrons. The lowest BCUT2D eigenvalue weighted by molar-refractivity contribution is 0.0986. The summed E-state index contributed by atoms with van der Waals surface area (Å²) < 4.78 is 1.00. The maximum Gasteiger partial charge on any atom is 0.261 e. The molecule has 4 heteroatoms. The molecule has 0 aromatic heterocycles. The van der Waals surface area contributed by atoms with Gasteiger partial charge in [0.2, 0.25) is 0 Å². The number of hydrogen-bond acceptors (Lipinski definition) is 2. The van der Waals surface area contributed by atoms with Crippen molar-refractivity contribution in [1.29, 1.82) is 0 Å². The van der Waals surface area contributed by atoms with Crippen molar-refractivity contribution in [3.8, 4) is 0 Å². The number of fused-ring (bicyclic) bond motifs is 1. The SMILES string of the molecule is O=C1c2ccccc2NCN1c1ccc(Br)cc1. The largest absolute Gasteiger partial charge is 0.367 e. The van der Waals surface area contributed by atoms with Crippen LogP contribution in [0.2, 0.25) is 0 Å². The molecule has 0 saturated carbocycles. The normalized spacial score (nSPS) is 14.1. The van der Waals surface area contributed by atoms with Gasteiger partial charge in [-0.2, -0.15) is 0 Å². The van der Waals surface area contributed by atoms with Crippen LogP contribution in [0.1, 0.15) is 10.4 Å². The van der Waals surface area contributed by atoms with Gasteiger partial charge in [0.15, 0.2) is 0 Å². The number of nitrogens with zero attached hydrogens (tertiary/aromatic N) is 1. The van der Waals surface area contributed by atoms with Crippen LogP contribution in [-0.4, -0.2) is 12.6 Å². The second-order valence-corrected chi connectivity index (χ2v) is 5.01. The molecule has 0 atom stereocenters. The number of rotatable bonds is 1. The highest BCUT2D eigenvalue weighted by Gasteiger charge is 2.24. The van der Waals surface area contributed by atoms with E-state index in [1.54, 1.807) is 4.90 Å². The van der Waals surface area contributed by atoms with Crippen LogP contribution in [0.4, 0.5) is 11.4 Å². The first-order valence-corrected chi connectivity index (χ1v) is 6.45. The molecule has 0 fully saturated rings. The summed E-state index contributed by atoms with van der Waals surface area (Å²) in [5.74, 6) is 0.0340. The predicted octanol–water partition coefficient (Wildman–Crippen LogP) is 3.48. The number of amides is 1. The van der Waals surface area contributed by atoms with Gasteiger partial charge in [0.05, 0.1) is 12.2 Å². The van der Waals surface area contributed by atoms with Gasteiger partial charge in [-0.25, -0.2) is 0 Å². The molecule has 1 aliphatic rings. The van der Waals surface area contributed by atoms with Gasteiger partial charge in [-0.3, -0.25) is 9.69 Å². The van der Waals surface area contributed by atoms with E-state index in [1.807, 2.05) is 48.5 Å². The minimum atomic E-state index is 0.0340. The van der Waals surface area contributed by atoms with Gasteiger partial charge in [0, 0.05) is 15.8 Å². The molecule has 0 spiro atoms. The topological polar surface area (TPSA) is 32.3 Å². The van der Waals surface area contributed by atoms with Gasteiger partial charge in [-0.15, -0.1) is 0 Å². The number of halogens is 1. The highest BCUT2D eigenvalue weighted by molar-refractivity contribution is 9.10. The van der Waals surface area contributed by atoms with Crippen LogP contribution in [0.25, 0.3) is 0 Å². The predicted molar refractivity (Wildman–Crippen MR) is 75.9 cm³/mol. The Morgan fingerprint density at radius 1 is 1.06 bits per heavy atom. The van der Waals surface area contributed by atoms with Crippen molar-refractivity contribution in [3.05, 3.63) is 58.6 Å². The van der Waals surface area contributed by atoms with Crippen LogP contribution < -0.4 is 10.2 Å². The Morgan fingerprint density at radius 3 is 2.56 bits per heavy atom. The number of carbonyl (C=O) groups excluding carboxylic acids is 1. The average Bonchev–Trinajstić information content (AvgIpc) is 2.41. The van der Waals surface area contributed by atoms with Crippen LogP contribution in [0, 0.1) is 0 Å². The minimum absolute atomic E-state index is 0.0340. The van der Waals surface area contributed by atoms with E-state index in [1.165, 1.54) is 0 Å². The highest BCUT2D eigenvalue weighted by Crippen LogP contribution is 2.26. The molecule has 2 aromatic rings. The van der Waals surface area contributed by atoms with Gasteiger partial charge >= 0.3 is 0 Å². The number of nitrogens with one attached hydrogen (secondary N) is 1. The Kier molecular flexibility index (Phi) is 2.80. The summed E-state index contributed by atoms with van der Waals surface area (Å²) in [6.45, 7) is 0.497. The fourth-order valence-corrected chi connectivity index (χ4v) is 2.30. The first-order valence-electron chi connectivity index (χ1n) is 5.66. The molecule has 0 bridgehead atoms. The Labute approximate surface area is 114 Å². The van der Waals surface area contributed by atoms with E-state index >= 15 is 0 Å². The number of para-hydroxylation sites is 1. The first kappa shape index (κ1) is 11.3. The zero-order chi connectivity index (χ0) is 12.5. The Balaban J connectivity index is 1.97. The second-order valence-electron chi connectivity index (χ2n) is 4.09. The molecule has 1 aliphatic heterocycles. The number of benzene rings is 2. The quantitative estimate of drug-likeness (QED) is 0.875. The third kappa shape index (κ3) is 1.88. The first-order chi connectivity index (χ1) is 8.75. The van der Waals surface area contributed by atoms with Crippen LogP contribution in [-0.2, 0) is 0 Å². The maximum atomic E-state index is 12.4. The fraction of sp³-hybridized carbons (Fsp3) is 0.0714. The molecule has 1 amide bonds. The van der Waals surface area contributed by atoms with Gasteiger partial charge in [0.1, 0.15) is 0 Å². The summed E-state index contributed by atoms with van der Waals surface area (Å²) in [5.41, 5.74) is 2.51. The van der Waals surface area contributed by atoms with Crippen molar-refractivity contribution in [1.82, 2.24) is 0 Å². The third-order valence-corrected chi connectivity index (χ3v) is 3.50.